The molecule has 1 radical (unpaired) electrons. The zero-order valence-corrected chi connectivity index (χ0v) is 16.7. The molecule has 1 N–H and O–H groups in total. The molecule has 0 bridgehead atoms. The molecule has 133 valence electrons. The molecule has 0 aliphatic heterocycles. The minimum atomic E-state index is -0.0301. The second kappa shape index (κ2) is 8.41. The first kappa shape index (κ1) is 19.4. The van der Waals surface area contributed by atoms with Crippen LogP contribution in [0.4, 0.5) is 0 Å². The van der Waals surface area contributed by atoms with Gasteiger partial charge in [-0.2, -0.15) is 0 Å². The summed E-state index contributed by atoms with van der Waals surface area (Å²) < 4.78 is 2.03. The first-order chi connectivity index (χ1) is 11.5. The fourth-order valence-corrected chi connectivity index (χ4v) is 2.94. The second-order valence-corrected chi connectivity index (χ2v) is 6.38. The van der Waals surface area contributed by atoms with Crippen molar-refractivity contribution in [1.29, 1.82) is 0 Å². The summed E-state index contributed by atoms with van der Waals surface area (Å²) in [5, 5.41) is 11.3. The van der Waals surface area contributed by atoms with Crippen molar-refractivity contribution >= 4 is 22.2 Å². The summed E-state index contributed by atoms with van der Waals surface area (Å²) in [4.78, 5) is 16.4. The largest absolute Gasteiger partial charge is 0.512 e. The molecule has 2 aromatic heterocycles. The van der Waals surface area contributed by atoms with E-state index in [0.717, 1.165) is 35.0 Å². The maximum Gasteiger partial charge on any atom is 0.159 e. The Labute approximate surface area is 160 Å². The number of fused-ring (bicyclic) bond motifs is 3. The number of pyridine rings is 1. The van der Waals surface area contributed by atoms with E-state index in [9.17, 15) is 4.79 Å². The maximum atomic E-state index is 11.6. The zero-order chi connectivity index (χ0) is 17.1. The summed E-state index contributed by atoms with van der Waals surface area (Å²) in [5.74, 6) is 0.384. The minimum Gasteiger partial charge on any atom is -0.512 e. The molecular formula is C20H21IrN2O2-. The number of nitrogens with zero attached hydrogens (tertiary/aromatic N) is 2. The zero-order valence-electron chi connectivity index (χ0n) is 14.3. The van der Waals surface area contributed by atoms with Gasteiger partial charge in [0.15, 0.2) is 5.78 Å². The molecule has 0 aliphatic rings. The molecule has 3 rings (SSSR count). The SMILES string of the molecule is C/C(O)=C/C(=O)CCC(C)Cc1cn2ccc3ccc[c-]c3c2n1.[Ir]. The summed E-state index contributed by atoms with van der Waals surface area (Å²) in [7, 11) is 0. The van der Waals surface area contributed by atoms with Crippen molar-refractivity contribution in [3.8, 4) is 0 Å². The van der Waals surface area contributed by atoms with Crippen LogP contribution in [0.15, 0.2) is 48.5 Å². The number of carbonyl (C=O) groups is 1. The number of aliphatic hydroxyl groups is 1. The van der Waals surface area contributed by atoms with Crippen molar-refractivity contribution < 1.29 is 30.0 Å². The van der Waals surface area contributed by atoms with Crippen molar-refractivity contribution in [2.24, 2.45) is 5.92 Å². The molecule has 0 spiro atoms. The van der Waals surface area contributed by atoms with Crippen LogP contribution in [0.1, 0.15) is 32.4 Å². The van der Waals surface area contributed by atoms with Crippen molar-refractivity contribution in [1.82, 2.24) is 9.38 Å². The fourth-order valence-electron chi connectivity index (χ4n) is 2.94. The minimum absolute atomic E-state index is 0. The van der Waals surface area contributed by atoms with Crippen LogP contribution < -0.4 is 0 Å². The number of ketones is 1. The van der Waals surface area contributed by atoms with E-state index < -0.39 is 0 Å². The number of aromatic nitrogens is 2. The quantitative estimate of drug-likeness (QED) is 0.304. The van der Waals surface area contributed by atoms with Crippen LogP contribution in [0.5, 0.6) is 0 Å². The standard InChI is InChI=1S/C20H21N2O2.Ir/c1-14(7-8-18(24)12-15(2)23)11-17-13-22-10-9-16-5-3-4-6-19(16)20(22)21-17;/h3-5,9-10,12-14,23H,7-8,11H2,1-2H3;/q-1;/b15-12-;. The molecule has 3 aromatic rings. The van der Waals surface area contributed by atoms with E-state index in [0.29, 0.717) is 12.3 Å². The van der Waals surface area contributed by atoms with Crippen LogP contribution in [-0.2, 0) is 31.3 Å². The Balaban J connectivity index is 0.00000225. The topological polar surface area (TPSA) is 54.6 Å². The van der Waals surface area contributed by atoms with Crippen molar-refractivity contribution in [2.45, 2.75) is 33.1 Å². The second-order valence-electron chi connectivity index (χ2n) is 6.38. The Hall–Kier alpha value is -1.97. The Morgan fingerprint density at radius 2 is 2.24 bits per heavy atom. The number of aliphatic hydroxyl groups excluding tert-OH is 1. The van der Waals surface area contributed by atoms with E-state index in [2.05, 4.69) is 25.1 Å². The van der Waals surface area contributed by atoms with Crippen molar-refractivity contribution in [3.63, 3.8) is 0 Å². The molecule has 25 heavy (non-hydrogen) atoms. The van der Waals surface area contributed by atoms with Gasteiger partial charge in [-0.25, -0.2) is 0 Å². The van der Waals surface area contributed by atoms with Gasteiger partial charge in [-0.1, -0.05) is 13.0 Å². The third-order valence-corrected chi connectivity index (χ3v) is 4.12. The molecule has 2 heterocycles. The Bertz CT molecular complexity index is 910. The maximum absolute atomic E-state index is 11.6. The van der Waals surface area contributed by atoms with Crippen LogP contribution in [0, 0.1) is 12.0 Å². The van der Waals surface area contributed by atoms with Gasteiger partial charge in [0.1, 0.15) is 0 Å². The van der Waals surface area contributed by atoms with E-state index in [4.69, 9.17) is 10.1 Å². The predicted octanol–water partition coefficient (Wildman–Crippen LogP) is 4.27. The van der Waals surface area contributed by atoms with Gasteiger partial charge in [0.2, 0.25) is 0 Å². The van der Waals surface area contributed by atoms with Gasteiger partial charge in [0.05, 0.1) is 11.4 Å². The average molecular weight is 514 g/mol. The normalized spacial score (nSPS) is 13.0. The van der Waals surface area contributed by atoms with Gasteiger partial charge in [-0.3, -0.25) is 9.78 Å². The molecule has 1 atom stereocenters. The van der Waals surface area contributed by atoms with E-state index >= 15 is 0 Å². The van der Waals surface area contributed by atoms with Gasteiger partial charge in [-0.15, -0.1) is 35.0 Å². The molecule has 5 heteroatoms. The summed E-state index contributed by atoms with van der Waals surface area (Å²) in [5.41, 5.74) is 1.94. The van der Waals surface area contributed by atoms with Gasteiger partial charge in [0.25, 0.3) is 0 Å². The molecule has 0 saturated heterocycles. The third kappa shape index (κ3) is 4.77. The molecule has 0 amide bonds. The number of hydrogen-bond acceptors (Lipinski definition) is 3. The number of imidazole rings is 1. The third-order valence-electron chi connectivity index (χ3n) is 4.12. The van der Waals surface area contributed by atoms with Gasteiger partial charge in [0, 0.05) is 44.5 Å². The van der Waals surface area contributed by atoms with Gasteiger partial charge < -0.3 is 9.51 Å². The molecule has 4 nitrogen and oxygen atoms in total. The molecule has 1 unspecified atom stereocenters. The first-order valence-electron chi connectivity index (χ1n) is 8.20. The molecule has 0 fully saturated rings. The van der Waals surface area contributed by atoms with Crippen LogP contribution >= 0.6 is 0 Å². The Morgan fingerprint density at radius 3 is 3.00 bits per heavy atom. The predicted molar refractivity (Wildman–Crippen MR) is 95.0 cm³/mol. The Morgan fingerprint density at radius 1 is 1.44 bits per heavy atom. The molecule has 1 aromatic carbocycles. The van der Waals surface area contributed by atoms with E-state index in [1.807, 2.05) is 28.9 Å². The molecule has 0 aliphatic carbocycles. The van der Waals surface area contributed by atoms with Crippen molar-refractivity contribution in [2.75, 3.05) is 0 Å². The fraction of sp³-hybridized carbons (Fsp3) is 0.300. The average Bonchev–Trinajstić information content (AvgIpc) is 2.95. The Kier molecular flexibility index (Phi) is 6.51. The monoisotopic (exact) mass is 514 g/mol. The number of allylic oxidation sites excluding steroid dienone is 2. The smallest absolute Gasteiger partial charge is 0.159 e. The van der Waals surface area contributed by atoms with Crippen LogP contribution in [0.25, 0.3) is 16.4 Å². The van der Waals surface area contributed by atoms with Crippen LogP contribution in [0.3, 0.4) is 0 Å². The van der Waals surface area contributed by atoms with Crippen LogP contribution in [-0.4, -0.2) is 20.3 Å². The first-order valence-corrected chi connectivity index (χ1v) is 8.20. The summed E-state index contributed by atoms with van der Waals surface area (Å²) >= 11 is 0. The van der Waals surface area contributed by atoms with E-state index in [-0.39, 0.29) is 31.6 Å². The summed E-state index contributed by atoms with van der Waals surface area (Å²) in [6.45, 7) is 3.64. The number of carbonyl (C=O) groups excluding carboxylic acids is 1. The number of rotatable bonds is 6. The van der Waals surface area contributed by atoms with E-state index in [1.54, 1.807) is 0 Å². The summed E-state index contributed by atoms with van der Waals surface area (Å²) in [6.07, 6.45) is 7.41. The molecule has 0 saturated carbocycles. The van der Waals surface area contributed by atoms with Gasteiger partial charge >= 0.3 is 0 Å². The van der Waals surface area contributed by atoms with Crippen LogP contribution in [0.2, 0.25) is 0 Å². The van der Waals surface area contributed by atoms with Crippen molar-refractivity contribution in [3.05, 3.63) is 60.3 Å². The number of benzene rings is 1. The summed E-state index contributed by atoms with van der Waals surface area (Å²) in [6, 6.07) is 11.3. The van der Waals surface area contributed by atoms with E-state index in [1.165, 1.54) is 13.0 Å². The number of hydrogen-bond donors (Lipinski definition) is 1. The molecular weight excluding hydrogens is 492 g/mol. The van der Waals surface area contributed by atoms with Gasteiger partial charge in [-0.05, 0) is 31.9 Å².